The number of nitrogens with zero attached hydrogens (tertiary/aromatic N) is 2. The molecule has 7 heteroatoms. The van der Waals surface area contributed by atoms with Gasteiger partial charge in [-0.3, -0.25) is 9.52 Å². The largest absolute Gasteiger partial charge is 0.284 e. The fourth-order valence-electron chi connectivity index (χ4n) is 3.10. The summed E-state index contributed by atoms with van der Waals surface area (Å²) in [4.78, 5) is 13.0. The molecule has 1 N–H and O–H groups in total. The molecule has 3 rings (SSSR count). The third-order valence-corrected chi connectivity index (χ3v) is 5.07. The lowest BCUT2D eigenvalue weighted by atomic mass is 9.93. The first-order valence-corrected chi connectivity index (χ1v) is 11.0. The third-order valence-electron chi connectivity index (χ3n) is 4.47. The van der Waals surface area contributed by atoms with E-state index in [0.29, 0.717) is 12.1 Å². The average molecular weight is 400 g/mol. The topological polar surface area (TPSA) is 78.8 Å². The minimum Gasteiger partial charge on any atom is -0.284 e. The summed E-state index contributed by atoms with van der Waals surface area (Å²) in [5.41, 5.74) is 2.65. The minimum absolute atomic E-state index is 0.0354. The van der Waals surface area contributed by atoms with Gasteiger partial charge in [0.1, 0.15) is 0 Å². The van der Waals surface area contributed by atoms with Gasteiger partial charge >= 0.3 is 0 Å². The number of hydrogen-bond donors (Lipinski definition) is 1. The Morgan fingerprint density at radius 1 is 1.07 bits per heavy atom. The van der Waals surface area contributed by atoms with E-state index in [0.717, 1.165) is 23.1 Å². The summed E-state index contributed by atoms with van der Waals surface area (Å²) in [7, 11) is -3.32. The summed E-state index contributed by atoms with van der Waals surface area (Å²) in [5, 5.41) is 6.24. The van der Waals surface area contributed by atoms with Crippen LogP contribution in [0, 0.1) is 5.41 Å². The van der Waals surface area contributed by atoms with Crippen LogP contribution in [0.15, 0.2) is 59.7 Å². The van der Waals surface area contributed by atoms with Gasteiger partial charge in [-0.2, -0.15) is 5.10 Å². The minimum atomic E-state index is -3.32. The fourth-order valence-corrected chi connectivity index (χ4v) is 3.66. The van der Waals surface area contributed by atoms with Crippen LogP contribution in [0.3, 0.4) is 0 Å². The molecule has 0 aromatic heterocycles. The maximum absolute atomic E-state index is 13.0. The third kappa shape index (κ3) is 4.59. The highest BCUT2D eigenvalue weighted by Gasteiger charge is 2.37. The number of carbonyl (C=O) groups is 1. The Morgan fingerprint density at radius 3 is 2.21 bits per heavy atom. The number of carbonyl (C=O) groups excluding carboxylic acids is 1. The van der Waals surface area contributed by atoms with Crippen LogP contribution in [0.1, 0.15) is 44.4 Å². The molecule has 0 saturated heterocycles. The lowest BCUT2D eigenvalue weighted by molar-refractivity contribution is -0.141. The van der Waals surface area contributed by atoms with Crippen molar-refractivity contribution in [1.82, 2.24) is 5.01 Å². The van der Waals surface area contributed by atoms with Gasteiger partial charge in [0.2, 0.25) is 15.9 Å². The molecule has 1 amide bonds. The van der Waals surface area contributed by atoms with Crippen LogP contribution in [-0.2, 0) is 14.8 Å². The number of benzene rings is 2. The summed E-state index contributed by atoms with van der Waals surface area (Å²) in [5.74, 6) is -0.0354. The molecule has 1 aliphatic heterocycles. The van der Waals surface area contributed by atoms with Crippen molar-refractivity contribution < 1.29 is 13.2 Å². The van der Waals surface area contributed by atoms with E-state index in [9.17, 15) is 13.2 Å². The zero-order chi connectivity index (χ0) is 20.5. The van der Waals surface area contributed by atoms with Crippen LogP contribution in [0.4, 0.5) is 5.69 Å². The monoisotopic (exact) mass is 399 g/mol. The summed E-state index contributed by atoms with van der Waals surface area (Å²) < 4.78 is 25.2. The first-order chi connectivity index (χ1) is 13.0. The van der Waals surface area contributed by atoms with Gasteiger partial charge in [0.25, 0.3) is 0 Å². The molecule has 0 unspecified atom stereocenters. The highest BCUT2D eigenvalue weighted by Crippen LogP contribution is 2.36. The second-order valence-corrected chi connectivity index (χ2v) is 9.78. The Morgan fingerprint density at radius 2 is 1.68 bits per heavy atom. The SMILES string of the molecule is CC(C)(C)C(=O)N1N=C(c2ccc(NS(C)(=O)=O)cc2)C[C@H]1c1ccccc1. The van der Waals surface area contributed by atoms with Crippen LogP contribution >= 0.6 is 0 Å². The number of nitrogens with one attached hydrogen (secondary N) is 1. The quantitative estimate of drug-likeness (QED) is 0.850. The predicted molar refractivity (Wildman–Crippen MR) is 112 cm³/mol. The highest BCUT2D eigenvalue weighted by atomic mass is 32.2. The molecule has 6 nitrogen and oxygen atoms in total. The summed E-state index contributed by atoms with van der Waals surface area (Å²) >= 11 is 0. The second-order valence-electron chi connectivity index (χ2n) is 8.03. The van der Waals surface area contributed by atoms with Crippen LogP contribution in [0.25, 0.3) is 0 Å². The molecule has 0 fully saturated rings. The summed E-state index contributed by atoms with van der Waals surface area (Å²) in [6.45, 7) is 5.66. The maximum atomic E-state index is 13.0. The molecule has 0 spiro atoms. The normalized spacial score (nSPS) is 17.4. The van der Waals surface area contributed by atoms with E-state index in [1.165, 1.54) is 0 Å². The van der Waals surface area contributed by atoms with Crippen LogP contribution in [0.5, 0.6) is 0 Å². The molecule has 1 aliphatic rings. The molecule has 28 heavy (non-hydrogen) atoms. The lowest BCUT2D eigenvalue weighted by Crippen LogP contribution is -2.36. The van der Waals surface area contributed by atoms with Crippen molar-refractivity contribution in [3.63, 3.8) is 0 Å². The molecule has 1 heterocycles. The second kappa shape index (κ2) is 7.39. The predicted octanol–water partition coefficient (Wildman–Crippen LogP) is 3.78. The van der Waals surface area contributed by atoms with E-state index in [4.69, 9.17) is 0 Å². The maximum Gasteiger partial charge on any atom is 0.248 e. The van der Waals surface area contributed by atoms with E-state index in [-0.39, 0.29) is 11.9 Å². The Balaban J connectivity index is 1.92. The van der Waals surface area contributed by atoms with Gasteiger partial charge < -0.3 is 0 Å². The number of hydrazone groups is 1. The highest BCUT2D eigenvalue weighted by molar-refractivity contribution is 7.92. The van der Waals surface area contributed by atoms with Gasteiger partial charge in [0.15, 0.2) is 0 Å². The van der Waals surface area contributed by atoms with Gasteiger partial charge in [0, 0.05) is 17.5 Å². The Labute approximate surface area is 166 Å². The first kappa shape index (κ1) is 20.1. The Bertz CT molecular complexity index is 991. The molecule has 148 valence electrons. The molecular weight excluding hydrogens is 374 g/mol. The number of hydrogen-bond acceptors (Lipinski definition) is 4. The molecule has 2 aromatic rings. The molecule has 0 radical (unpaired) electrons. The zero-order valence-electron chi connectivity index (χ0n) is 16.5. The van der Waals surface area contributed by atoms with E-state index >= 15 is 0 Å². The van der Waals surface area contributed by atoms with Crippen molar-refractivity contribution in [2.24, 2.45) is 10.5 Å². The summed E-state index contributed by atoms with van der Waals surface area (Å²) in [6.07, 6.45) is 1.72. The van der Waals surface area contributed by atoms with Crippen molar-refractivity contribution in [3.05, 3.63) is 65.7 Å². The van der Waals surface area contributed by atoms with Crippen LogP contribution in [0.2, 0.25) is 0 Å². The van der Waals surface area contributed by atoms with Crippen molar-refractivity contribution in [3.8, 4) is 0 Å². The zero-order valence-corrected chi connectivity index (χ0v) is 17.3. The molecule has 0 aliphatic carbocycles. The smallest absolute Gasteiger partial charge is 0.248 e. The fraction of sp³-hybridized carbons (Fsp3) is 0.333. The first-order valence-electron chi connectivity index (χ1n) is 9.09. The van der Waals surface area contributed by atoms with Crippen molar-refractivity contribution in [1.29, 1.82) is 0 Å². The van der Waals surface area contributed by atoms with E-state index < -0.39 is 15.4 Å². The Hall–Kier alpha value is -2.67. The van der Waals surface area contributed by atoms with E-state index in [1.54, 1.807) is 17.1 Å². The van der Waals surface area contributed by atoms with E-state index in [1.807, 2.05) is 63.2 Å². The van der Waals surface area contributed by atoms with Crippen molar-refractivity contribution in [2.75, 3.05) is 11.0 Å². The number of amides is 1. The molecule has 2 aromatic carbocycles. The average Bonchev–Trinajstić information content (AvgIpc) is 3.05. The molecular formula is C21H25N3O3S. The molecule has 0 saturated carbocycles. The van der Waals surface area contributed by atoms with Crippen LogP contribution < -0.4 is 4.72 Å². The number of rotatable bonds is 4. The van der Waals surface area contributed by atoms with Gasteiger partial charge in [0.05, 0.1) is 18.0 Å². The van der Waals surface area contributed by atoms with Crippen LogP contribution in [-0.4, -0.2) is 31.3 Å². The number of sulfonamides is 1. The van der Waals surface area contributed by atoms with Gasteiger partial charge in [-0.05, 0) is 23.3 Å². The van der Waals surface area contributed by atoms with E-state index in [2.05, 4.69) is 9.82 Å². The van der Waals surface area contributed by atoms with Gasteiger partial charge in [-0.25, -0.2) is 13.4 Å². The number of anilines is 1. The Kier molecular flexibility index (Phi) is 5.30. The standard InChI is InChI=1S/C21H25N3O3S/c1-21(2,3)20(25)24-19(16-8-6-5-7-9-16)14-18(22-24)15-10-12-17(13-11-15)23-28(4,26)27/h5-13,19,23H,14H2,1-4H3/t19-/m0/s1. The van der Waals surface area contributed by atoms with Gasteiger partial charge in [-0.1, -0.05) is 63.2 Å². The molecule has 1 atom stereocenters. The van der Waals surface area contributed by atoms with Crippen molar-refractivity contribution in [2.45, 2.75) is 33.2 Å². The lowest BCUT2D eigenvalue weighted by Gasteiger charge is -2.28. The summed E-state index contributed by atoms with van der Waals surface area (Å²) in [6, 6.07) is 16.8. The van der Waals surface area contributed by atoms with Gasteiger partial charge in [-0.15, -0.1) is 0 Å². The molecule has 0 bridgehead atoms. The van der Waals surface area contributed by atoms with Crippen molar-refractivity contribution >= 4 is 27.3 Å².